The molecule has 7 rings (SSSR count). The number of benzene rings is 3. The van der Waals surface area contributed by atoms with Crippen LogP contribution < -0.4 is 5.32 Å². The van der Waals surface area contributed by atoms with Crippen molar-refractivity contribution in [2.24, 2.45) is 22.2 Å². The highest BCUT2D eigenvalue weighted by Gasteiger charge is 2.78. The lowest BCUT2D eigenvalue weighted by Gasteiger charge is -2.67. The van der Waals surface area contributed by atoms with Gasteiger partial charge in [0.2, 0.25) is 0 Å². The van der Waals surface area contributed by atoms with Gasteiger partial charge in [-0.3, -0.25) is 19.2 Å². The Labute approximate surface area is 359 Å². The average Bonchev–Trinajstić information content (AvgIpc) is 3.24. The van der Waals surface area contributed by atoms with E-state index in [2.05, 4.69) is 5.32 Å². The monoisotopic (exact) mass is 853 g/mol. The van der Waals surface area contributed by atoms with Gasteiger partial charge in [-0.05, 0) is 66.7 Å². The Bertz CT molecular complexity index is 2280. The molecule has 1 aliphatic heterocycles. The number of hydrogen-bond donors (Lipinski definition) is 2. The number of aliphatic hydroxyl groups is 1. The Balaban J connectivity index is 1.39. The van der Waals surface area contributed by atoms with E-state index in [1.54, 1.807) is 107 Å². The number of fused-ring (bicyclic) bond motifs is 5. The number of ketones is 1. The lowest BCUT2D eigenvalue weighted by atomic mass is 9.42. The summed E-state index contributed by atoms with van der Waals surface area (Å²) in [6.07, 6.45) is -9.92. The topological polar surface area (TPSA) is 181 Å². The molecule has 14 heteroatoms. The van der Waals surface area contributed by atoms with Crippen LogP contribution in [0.3, 0.4) is 0 Å². The van der Waals surface area contributed by atoms with Crippen LogP contribution in [0.15, 0.2) is 102 Å². The van der Waals surface area contributed by atoms with E-state index in [0.717, 1.165) is 6.92 Å². The Hall–Kier alpha value is -5.73. The van der Waals surface area contributed by atoms with E-state index in [-0.39, 0.29) is 41.7 Å². The van der Waals surface area contributed by atoms with Crippen molar-refractivity contribution in [1.29, 1.82) is 0 Å². The van der Waals surface area contributed by atoms with Gasteiger partial charge < -0.3 is 34.1 Å². The van der Waals surface area contributed by atoms with Crippen molar-refractivity contribution in [2.45, 2.75) is 110 Å². The van der Waals surface area contributed by atoms with Crippen LogP contribution in [0.5, 0.6) is 0 Å². The van der Waals surface area contributed by atoms with Crippen LogP contribution in [-0.2, 0) is 42.9 Å². The van der Waals surface area contributed by atoms with Crippen molar-refractivity contribution >= 4 is 35.6 Å². The molecular formula is C48H52FNO12. The number of carbonyl (C=O) groups is 6. The van der Waals surface area contributed by atoms with Crippen LogP contribution in [-0.4, -0.2) is 89.6 Å². The molecule has 0 spiro atoms. The third-order valence-corrected chi connectivity index (χ3v) is 14.0. The molecule has 328 valence electrons. The minimum atomic E-state index is -2.11. The largest absolute Gasteiger partial charge is 0.458 e. The van der Waals surface area contributed by atoms with Crippen molar-refractivity contribution in [3.8, 4) is 0 Å². The van der Waals surface area contributed by atoms with Crippen molar-refractivity contribution in [3.63, 3.8) is 0 Å². The van der Waals surface area contributed by atoms with Crippen LogP contribution >= 0.6 is 0 Å². The van der Waals surface area contributed by atoms with Crippen LogP contribution in [0.1, 0.15) is 93.6 Å². The second kappa shape index (κ2) is 16.5. The first-order valence-electron chi connectivity index (χ1n) is 20.7. The molecule has 0 aromatic heterocycles. The number of esters is 4. The molecule has 3 aliphatic carbocycles. The highest BCUT2D eigenvalue weighted by molar-refractivity contribution is 5.96. The second-order valence-electron chi connectivity index (χ2n) is 17.8. The molecule has 0 radical (unpaired) electrons. The fraction of sp³-hybridized carbons (Fsp3) is 0.458. The lowest BCUT2D eigenvalue weighted by molar-refractivity contribution is -0.335. The SMILES string of the molecule is CC(=O)O[C@H]1C(=O)[C@@]2(C)[C@H]([C@H](OC(=O)c3ccccc3)[C@]3(C)CC(OC(=O)[C@H](O)[C@@H](NC(=O)c4ccccc4)c4ccccc4)C(C)=C1C3(C)C)[C@]1(OC(C)=O)CO[C@@H]1C[C@@H]2F. The standard InChI is InChI=1S/C48H52FNO12/c1-26-32(60-44(57)37(53)36(29-17-11-8-12-18-29)50-42(55)30-19-13-9-14-20-30)24-46(6)41(61-43(56)31-21-15-10-16-22-31)39-47(7,33(49)23-34-48(39,25-58-34)62-28(3)52)40(54)38(59-27(2)51)35(26)45(46,4)5/h8-22,32-34,36-39,41,53H,23-25H2,1-7H3,(H,50,55)/t32?,33-,34+,36-,37+,38+,39-,41-,46-,47+,48-/m0/s1. The lowest BCUT2D eigenvalue weighted by Crippen LogP contribution is -2.80. The van der Waals surface area contributed by atoms with Crippen LogP contribution in [0.2, 0.25) is 0 Å². The molecule has 4 aliphatic rings. The van der Waals surface area contributed by atoms with E-state index < -0.39 is 106 Å². The number of rotatable bonds is 10. The summed E-state index contributed by atoms with van der Waals surface area (Å²) in [7, 11) is 0. The summed E-state index contributed by atoms with van der Waals surface area (Å²) in [5.74, 6) is -6.41. The summed E-state index contributed by atoms with van der Waals surface area (Å²) in [6, 6.07) is 23.4. The maximum Gasteiger partial charge on any atom is 0.338 e. The van der Waals surface area contributed by atoms with Gasteiger partial charge in [0.15, 0.2) is 23.6 Å². The van der Waals surface area contributed by atoms with Crippen LogP contribution in [0.25, 0.3) is 0 Å². The third-order valence-electron chi connectivity index (χ3n) is 14.0. The normalized spacial score (nSPS) is 31.9. The molecule has 1 amide bonds. The van der Waals surface area contributed by atoms with E-state index >= 15 is 9.18 Å². The van der Waals surface area contributed by atoms with Crippen LogP contribution in [0.4, 0.5) is 4.39 Å². The smallest absolute Gasteiger partial charge is 0.338 e. The molecule has 62 heavy (non-hydrogen) atoms. The minimum absolute atomic E-state index is 0.140. The second-order valence-corrected chi connectivity index (χ2v) is 17.8. The molecule has 2 saturated carbocycles. The fourth-order valence-corrected chi connectivity index (χ4v) is 10.4. The van der Waals surface area contributed by atoms with Gasteiger partial charge in [-0.25, -0.2) is 14.0 Å². The van der Waals surface area contributed by atoms with Gasteiger partial charge in [0.05, 0.1) is 29.5 Å². The van der Waals surface area contributed by atoms with E-state index in [1.165, 1.54) is 26.0 Å². The zero-order chi connectivity index (χ0) is 44.9. The Morgan fingerprint density at radius 3 is 1.95 bits per heavy atom. The zero-order valence-electron chi connectivity index (χ0n) is 35.7. The number of amides is 1. The number of alkyl halides is 1. The van der Waals surface area contributed by atoms with Gasteiger partial charge in [0.25, 0.3) is 5.91 Å². The first-order chi connectivity index (χ1) is 29.3. The van der Waals surface area contributed by atoms with Crippen molar-refractivity contribution in [1.82, 2.24) is 5.32 Å². The highest BCUT2D eigenvalue weighted by Crippen LogP contribution is 2.67. The summed E-state index contributed by atoms with van der Waals surface area (Å²) in [6.45, 7) is 10.4. The van der Waals surface area contributed by atoms with Gasteiger partial charge in [-0.15, -0.1) is 0 Å². The van der Waals surface area contributed by atoms with E-state index in [0.29, 0.717) is 5.56 Å². The predicted molar refractivity (Wildman–Crippen MR) is 220 cm³/mol. The first-order valence-corrected chi connectivity index (χ1v) is 20.7. The molecule has 3 aromatic carbocycles. The summed E-state index contributed by atoms with van der Waals surface area (Å²) < 4.78 is 48.0. The molecular weight excluding hydrogens is 802 g/mol. The van der Waals surface area contributed by atoms with Gasteiger partial charge in [-0.2, -0.15) is 0 Å². The first kappa shape index (κ1) is 44.3. The molecule has 2 bridgehead atoms. The molecule has 3 aromatic rings. The Kier molecular flexibility index (Phi) is 11.8. The number of Topliss-reactive ketones (excluding diaryl/α,β-unsaturated/α-hetero) is 1. The average molecular weight is 854 g/mol. The summed E-state index contributed by atoms with van der Waals surface area (Å²) in [4.78, 5) is 83.7. The number of nitrogens with one attached hydrogen (secondary N) is 1. The van der Waals surface area contributed by atoms with E-state index in [9.17, 15) is 29.1 Å². The van der Waals surface area contributed by atoms with E-state index in [4.69, 9.17) is 23.7 Å². The minimum Gasteiger partial charge on any atom is -0.458 e. The van der Waals surface area contributed by atoms with Crippen LogP contribution in [0, 0.1) is 22.2 Å². The number of aliphatic hydroxyl groups excluding tert-OH is 1. The number of ether oxygens (including phenoxy) is 5. The quantitative estimate of drug-likeness (QED) is 0.138. The number of carbonyl (C=O) groups excluding carboxylic acids is 6. The molecule has 3 fully saturated rings. The summed E-state index contributed by atoms with van der Waals surface area (Å²) in [5, 5.41) is 14.6. The van der Waals surface area contributed by atoms with Gasteiger partial charge in [0.1, 0.15) is 24.5 Å². The Morgan fingerprint density at radius 2 is 1.40 bits per heavy atom. The van der Waals surface area contributed by atoms with Crippen molar-refractivity contribution in [2.75, 3.05) is 6.61 Å². The summed E-state index contributed by atoms with van der Waals surface area (Å²) >= 11 is 0. The van der Waals surface area contributed by atoms with Gasteiger partial charge in [-0.1, -0.05) is 87.5 Å². The maximum absolute atomic E-state index is 17.3. The Morgan fingerprint density at radius 1 is 0.823 bits per heavy atom. The summed E-state index contributed by atoms with van der Waals surface area (Å²) in [5.41, 5.74) is -5.20. The zero-order valence-corrected chi connectivity index (χ0v) is 35.7. The molecule has 1 saturated heterocycles. The highest BCUT2D eigenvalue weighted by atomic mass is 19.1. The molecule has 11 atom stereocenters. The van der Waals surface area contributed by atoms with Gasteiger partial charge >= 0.3 is 23.9 Å². The third kappa shape index (κ3) is 7.30. The fourth-order valence-electron chi connectivity index (χ4n) is 10.4. The van der Waals surface area contributed by atoms with Crippen molar-refractivity contribution < 1.29 is 61.9 Å². The molecule has 1 unspecified atom stereocenters. The van der Waals surface area contributed by atoms with E-state index in [1.807, 2.05) is 0 Å². The molecule has 13 nitrogen and oxygen atoms in total. The molecule has 2 N–H and O–H groups in total. The molecule has 1 heterocycles. The van der Waals surface area contributed by atoms with Gasteiger partial charge in [0, 0.05) is 31.2 Å². The van der Waals surface area contributed by atoms with Crippen molar-refractivity contribution in [3.05, 3.63) is 119 Å². The number of halogens is 1. The number of hydrogen-bond acceptors (Lipinski definition) is 12. The predicted octanol–water partition coefficient (Wildman–Crippen LogP) is 5.99. The maximum atomic E-state index is 17.3.